The van der Waals surface area contributed by atoms with Crippen molar-refractivity contribution in [2.45, 2.75) is 33.6 Å². The maximum Gasteiger partial charge on any atom is 0.293 e. The van der Waals surface area contributed by atoms with Gasteiger partial charge in [0.05, 0.1) is 4.92 Å². The van der Waals surface area contributed by atoms with Crippen molar-refractivity contribution < 1.29 is 14.5 Å². The van der Waals surface area contributed by atoms with Crippen molar-refractivity contribution in [3.05, 3.63) is 58.1 Å². The molecular formula is C27H35N5O4. The van der Waals surface area contributed by atoms with Gasteiger partial charge in [0.1, 0.15) is 5.69 Å². The molecule has 36 heavy (non-hydrogen) atoms. The third-order valence-corrected chi connectivity index (χ3v) is 7.13. The summed E-state index contributed by atoms with van der Waals surface area (Å²) in [6.07, 6.45) is 2.00. The Balaban J connectivity index is 1.39. The van der Waals surface area contributed by atoms with Gasteiger partial charge >= 0.3 is 0 Å². The minimum absolute atomic E-state index is 0.00525. The summed E-state index contributed by atoms with van der Waals surface area (Å²) in [5.74, 6) is 0.429. The first-order valence-corrected chi connectivity index (χ1v) is 12.7. The molecule has 0 unspecified atom stereocenters. The van der Waals surface area contributed by atoms with E-state index in [1.807, 2.05) is 47.9 Å². The topological polar surface area (TPSA) is 99.0 Å². The maximum atomic E-state index is 12.9. The number of carbonyl (C=O) groups is 2. The molecule has 0 radical (unpaired) electrons. The molecule has 9 heteroatoms. The molecule has 4 rings (SSSR count). The average molecular weight is 494 g/mol. The van der Waals surface area contributed by atoms with Gasteiger partial charge in [-0.1, -0.05) is 20.8 Å². The minimum Gasteiger partial charge on any atom is -0.368 e. The summed E-state index contributed by atoms with van der Waals surface area (Å²) < 4.78 is 0. The molecule has 0 spiro atoms. The molecule has 0 bridgehead atoms. The standard InChI is InChI=1S/C27H35N5O4/c1-19(2)27(34)31-16-14-29(15-17-31)23-7-5-22(6-8-23)28-26(33)21-4-9-24(25(18-21)32(35)36)30-12-10-20(3)11-13-30/h4-9,18-20H,10-17H2,1-3H3,(H,28,33). The molecule has 9 nitrogen and oxygen atoms in total. The summed E-state index contributed by atoms with van der Waals surface area (Å²) >= 11 is 0. The van der Waals surface area contributed by atoms with Gasteiger partial charge in [0.25, 0.3) is 11.6 Å². The monoisotopic (exact) mass is 493 g/mol. The number of nitro benzene ring substituents is 1. The van der Waals surface area contributed by atoms with Crippen molar-refractivity contribution in [1.29, 1.82) is 0 Å². The summed E-state index contributed by atoms with van der Waals surface area (Å²) in [5, 5.41) is 14.6. The minimum atomic E-state index is -0.409. The smallest absolute Gasteiger partial charge is 0.293 e. The van der Waals surface area contributed by atoms with Gasteiger partial charge in [-0.05, 0) is 55.2 Å². The Labute approximate surface area is 212 Å². The van der Waals surface area contributed by atoms with Crippen LogP contribution < -0.4 is 15.1 Å². The van der Waals surface area contributed by atoms with Crippen LogP contribution in [0.3, 0.4) is 0 Å². The Morgan fingerprint density at radius 3 is 2.17 bits per heavy atom. The highest BCUT2D eigenvalue weighted by atomic mass is 16.6. The second kappa shape index (κ2) is 11.0. The summed E-state index contributed by atoms with van der Waals surface area (Å²) in [5.41, 5.74) is 2.44. The zero-order chi connectivity index (χ0) is 25.8. The van der Waals surface area contributed by atoms with Crippen LogP contribution in [0.4, 0.5) is 22.7 Å². The molecule has 2 amide bonds. The average Bonchev–Trinajstić information content (AvgIpc) is 2.89. The van der Waals surface area contributed by atoms with Crippen molar-refractivity contribution in [1.82, 2.24) is 4.90 Å². The van der Waals surface area contributed by atoms with E-state index in [9.17, 15) is 19.7 Å². The Morgan fingerprint density at radius 1 is 0.944 bits per heavy atom. The van der Waals surface area contributed by atoms with Crippen LogP contribution in [-0.4, -0.2) is 60.9 Å². The number of benzene rings is 2. The summed E-state index contributed by atoms with van der Waals surface area (Å²) in [6.45, 7) is 10.5. The van der Waals surface area contributed by atoms with Crippen LogP contribution in [0.15, 0.2) is 42.5 Å². The van der Waals surface area contributed by atoms with Gasteiger partial charge in [-0.15, -0.1) is 0 Å². The molecule has 2 saturated heterocycles. The van der Waals surface area contributed by atoms with E-state index in [0.717, 1.165) is 44.7 Å². The number of nitrogens with one attached hydrogen (secondary N) is 1. The molecule has 2 aromatic carbocycles. The van der Waals surface area contributed by atoms with E-state index in [4.69, 9.17) is 0 Å². The number of anilines is 3. The molecule has 192 valence electrons. The van der Waals surface area contributed by atoms with Gasteiger partial charge in [0.2, 0.25) is 5.91 Å². The van der Waals surface area contributed by atoms with Crippen LogP contribution in [-0.2, 0) is 4.79 Å². The molecule has 2 heterocycles. The van der Waals surface area contributed by atoms with Crippen molar-refractivity contribution in [2.75, 3.05) is 54.4 Å². The highest BCUT2D eigenvalue weighted by Crippen LogP contribution is 2.32. The van der Waals surface area contributed by atoms with E-state index in [2.05, 4.69) is 17.1 Å². The van der Waals surface area contributed by atoms with Gasteiger partial charge < -0.3 is 20.0 Å². The molecule has 0 atom stereocenters. The van der Waals surface area contributed by atoms with Gasteiger partial charge in [0.15, 0.2) is 0 Å². The molecule has 1 N–H and O–H groups in total. The zero-order valence-corrected chi connectivity index (χ0v) is 21.3. The van der Waals surface area contributed by atoms with E-state index in [1.54, 1.807) is 12.1 Å². The van der Waals surface area contributed by atoms with Crippen molar-refractivity contribution in [2.24, 2.45) is 11.8 Å². The lowest BCUT2D eigenvalue weighted by atomic mass is 9.98. The van der Waals surface area contributed by atoms with E-state index in [-0.39, 0.29) is 29.0 Å². The Bertz CT molecular complexity index is 1100. The number of piperazine rings is 1. The fourth-order valence-electron chi connectivity index (χ4n) is 4.84. The number of hydrogen-bond donors (Lipinski definition) is 1. The number of nitrogens with zero attached hydrogens (tertiary/aromatic N) is 4. The molecule has 2 aliphatic rings. The van der Waals surface area contributed by atoms with Crippen LogP contribution in [0.5, 0.6) is 0 Å². The van der Waals surface area contributed by atoms with Crippen LogP contribution in [0.1, 0.15) is 44.0 Å². The molecule has 2 aromatic rings. The van der Waals surface area contributed by atoms with E-state index in [0.29, 0.717) is 30.4 Å². The van der Waals surface area contributed by atoms with E-state index >= 15 is 0 Å². The molecule has 0 saturated carbocycles. The van der Waals surface area contributed by atoms with E-state index in [1.165, 1.54) is 6.07 Å². The number of hydrogen-bond acceptors (Lipinski definition) is 6. The largest absolute Gasteiger partial charge is 0.368 e. The first kappa shape index (κ1) is 25.5. The second-order valence-corrected chi connectivity index (χ2v) is 10.1. The lowest BCUT2D eigenvalue weighted by Gasteiger charge is -2.37. The zero-order valence-electron chi connectivity index (χ0n) is 21.3. The number of rotatable bonds is 6. The lowest BCUT2D eigenvalue weighted by molar-refractivity contribution is -0.384. The van der Waals surface area contributed by atoms with Gasteiger partial charge in [-0.3, -0.25) is 19.7 Å². The number of carbonyl (C=O) groups excluding carboxylic acids is 2. The van der Waals surface area contributed by atoms with Gasteiger partial charge in [-0.25, -0.2) is 0 Å². The van der Waals surface area contributed by atoms with Crippen molar-refractivity contribution in [3.8, 4) is 0 Å². The number of nitro groups is 1. The van der Waals surface area contributed by atoms with Crippen LogP contribution >= 0.6 is 0 Å². The molecule has 2 fully saturated rings. The van der Waals surface area contributed by atoms with Gasteiger partial charge in [0, 0.05) is 68.2 Å². The molecule has 0 aromatic heterocycles. The highest BCUT2D eigenvalue weighted by molar-refractivity contribution is 6.05. The Kier molecular flexibility index (Phi) is 7.76. The first-order valence-electron chi connectivity index (χ1n) is 12.7. The van der Waals surface area contributed by atoms with Gasteiger partial charge in [-0.2, -0.15) is 0 Å². The van der Waals surface area contributed by atoms with Crippen LogP contribution in [0, 0.1) is 22.0 Å². The maximum absolute atomic E-state index is 12.9. The third kappa shape index (κ3) is 5.78. The predicted molar refractivity (Wildman–Crippen MR) is 142 cm³/mol. The summed E-state index contributed by atoms with van der Waals surface area (Å²) in [6, 6.07) is 12.3. The fraction of sp³-hybridized carbons (Fsp3) is 0.481. The van der Waals surface area contributed by atoms with Crippen molar-refractivity contribution >= 4 is 34.6 Å². The fourth-order valence-corrected chi connectivity index (χ4v) is 4.84. The molecule has 2 aliphatic heterocycles. The lowest BCUT2D eigenvalue weighted by Crippen LogP contribution is -2.49. The highest BCUT2D eigenvalue weighted by Gasteiger charge is 2.25. The van der Waals surface area contributed by atoms with Crippen LogP contribution in [0.2, 0.25) is 0 Å². The number of piperidine rings is 1. The third-order valence-electron chi connectivity index (χ3n) is 7.13. The Hall–Kier alpha value is -3.62. The number of amides is 2. The molecule has 0 aliphatic carbocycles. The SMILES string of the molecule is CC1CCN(c2ccc(C(=O)Nc3ccc(N4CCN(C(=O)C(C)C)CC4)cc3)cc2[N+](=O)[O-])CC1. The Morgan fingerprint density at radius 2 is 1.58 bits per heavy atom. The van der Waals surface area contributed by atoms with E-state index < -0.39 is 4.92 Å². The van der Waals surface area contributed by atoms with Crippen molar-refractivity contribution in [3.63, 3.8) is 0 Å². The quantitative estimate of drug-likeness (QED) is 0.473. The molecular weight excluding hydrogens is 458 g/mol. The first-order chi connectivity index (χ1) is 17.2. The second-order valence-electron chi connectivity index (χ2n) is 10.1. The predicted octanol–water partition coefficient (Wildman–Crippen LogP) is 4.39. The normalized spacial score (nSPS) is 16.8. The summed E-state index contributed by atoms with van der Waals surface area (Å²) in [7, 11) is 0. The van der Waals surface area contributed by atoms with Crippen LogP contribution in [0.25, 0.3) is 0 Å². The summed E-state index contributed by atoms with van der Waals surface area (Å²) in [4.78, 5) is 42.6.